The molecule has 0 aromatic heterocycles. The van der Waals surface area contributed by atoms with E-state index in [-0.39, 0.29) is 11.0 Å². The highest BCUT2D eigenvalue weighted by Gasteiger charge is 2.35. The number of piperidine rings is 1. The number of hydrogen-bond donors (Lipinski definition) is 2. The maximum atomic E-state index is 13.2. The van der Waals surface area contributed by atoms with Crippen LogP contribution in [0.3, 0.4) is 0 Å². The molecule has 2 rings (SSSR count). The maximum Gasteiger partial charge on any atom is 0.419 e. The summed E-state index contributed by atoms with van der Waals surface area (Å²) in [5.74, 6) is -2.01. The lowest BCUT2D eigenvalue weighted by Crippen LogP contribution is -2.45. The molecule has 0 saturated carbocycles. The van der Waals surface area contributed by atoms with E-state index in [9.17, 15) is 22.4 Å². The van der Waals surface area contributed by atoms with Crippen molar-refractivity contribution in [1.82, 2.24) is 10.6 Å². The molecule has 1 fully saturated rings. The van der Waals surface area contributed by atoms with Crippen LogP contribution in [0.4, 0.5) is 17.6 Å². The van der Waals surface area contributed by atoms with Crippen LogP contribution in [0.2, 0.25) is 0 Å². The standard InChI is InChI=1S/C15H18F4N2O/c1-14(5-2-6-20-8-14)9-21-13(22)10-3-4-12(16)11(7-10)15(17,18)19/h3-4,7,20H,2,5-6,8-9H2,1H3,(H,21,22). The molecule has 0 aliphatic carbocycles. The first-order valence-electron chi connectivity index (χ1n) is 7.07. The molecule has 1 saturated heterocycles. The van der Waals surface area contributed by atoms with E-state index in [0.717, 1.165) is 32.0 Å². The van der Waals surface area contributed by atoms with Gasteiger partial charge in [0.25, 0.3) is 5.91 Å². The number of alkyl halides is 3. The van der Waals surface area contributed by atoms with Gasteiger partial charge in [-0.2, -0.15) is 13.2 Å². The Morgan fingerprint density at radius 2 is 2.14 bits per heavy atom. The molecular weight excluding hydrogens is 300 g/mol. The Labute approximate surface area is 126 Å². The van der Waals surface area contributed by atoms with Crippen LogP contribution in [0.1, 0.15) is 35.7 Å². The summed E-state index contributed by atoms with van der Waals surface area (Å²) in [7, 11) is 0. The summed E-state index contributed by atoms with van der Waals surface area (Å²) in [6, 6.07) is 2.27. The molecule has 1 aliphatic rings. The molecule has 1 unspecified atom stereocenters. The fourth-order valence-corrected chi connectivity index (χ4v) is 2.55. The van der Waals surface area contributed by atoms with Crippen LogP contribution in [0.25, 0.3) is 0 Å². The molecule has 22 heavy (non-hydrogen) atoms. The normalized spacial score (nSPS) is 22.4. The quantitative estimate of drug-likeness (QED) is 0.841. The van der Waals surface area contributed by atoms with Crippen LogP contribution in [0.15, 0.2) is 18.2 Å². The lowest BCUT2D eigenvalue weighted by atomic mass is 9.83. The third-order valence-corrected chi connectivity index (χ3v) is 3.90. The SMILES string of the molecule is CC1(CNC(=O)c2ccc(F)c(C(F)(F)F)c2)CCCNC1. The van der Waals surface area contributed by atoms with Crippen LogP contribution in [-0.4, -0.2) is 25.5 Å². The second-order valence-corrected chi connectivity index (χ2v) is 5.97. The average molecular weight is 318 g/mol. The highest BCUT2D eigenvalue weighted by Crippen LogP contribution is 2.32. The molecule has 122 valence electrons. The number of rotatable bonds is 3. The number of nitrogens with one attached hydrogen (secondary N) is 2. The van der Waals surface area contributed by atoms with E-state index in [1.165, 1.54) is 0 Å². The first-order valence-corrected chi connectivity index (χ1v) is 7.07. The van der Waals surface area contributed by atoms with E-state index in [0.29, 0.717) is 18.7 Å². The summed E-state index contributed by atoms with van der Waals surface area (Å²) in [5.41, 5.74) is -1.74. The van der Waals surface area contributed by atoms with Gasteiger partial charge in [0.1, 0.15) is 5.82 Å². The minimum atomic E-state index is -4.82. The first-order chi connectivity index (χ1) is 10.2. The molecule has 1 heterocycles. The van der Waals surface area contributed by atoms with Gasteiger partial charge in [-0.3, -0.25) is 4.79 Å². The molecule has 0 bridgehead atoms. The van der Waals surface area contributed by atoms with Gasteiger partial charge in [0.2, 0.25) is 0 Å². The Balaban J connectivity index is 2.07. The highest BCUT2D eigenvalue weighted by molar-refractivity contribution is 5.94. The Morgan fingerprint density at radius 1 is 1.41 bits per heavy atom. The van der Waals surface area contributed by atoms with Crippen molar-refractivity contribution in [3.8, 4) is 0 Å². The molecule has 1 aliphatic heterocycles. The van der Waals surface area contributed by atoms with Crippen LogP contribution in [0, 0.1) is 11.2 Å². The zero-order valence-corrected chi connectivity index (χ0v) is 12.2. The molecule has 0 spiro atoms. The molecule has 1 amide bonds. The molecular formula is C15H18F4N2O. The highest BCUT2D eigenvalue weighted by atomic mass is 19.4. The van der Waals surface area contributed by atoms with Gasteiger partial charge >= 0.3 is 6.18 Å². The van der Waals surface area contributed by atoms with E-state index in [2.05, 4.69) is 10.6 Å². The third-order valence-electron chi connectivity index (χ3n) is 3.90. The smallest absolute Gasteiger partial charge is 0.351 e. The van der Waals surface area contributed by atoms with Crippen LogP contribution in [0.5, 0.6) is 0 Å². The summed E-state index contributed by atoms with van der Waals surface area (Å²) in [6.07, 6.45) is -2.90. The zero-order valence-electron chi connectivity index (χ0n) is 12.2. The molecule has 1 aromatic rings. The number of halogens is 4. The Hall–Kier alpha value is -1.63. The van der Waals surface area contributed by atoms with Gasteiger partial charge in [-0.15, -0.1) is 0 Å². The molecule has 3 nitrogen and oxygen atoms in total. The predicted octanol–water partition coefficient (Wildman–Crippen LogP) is 2.96. The summed E-state index contributed by atoms with van der Waals surface area (Å²) in [5, 5.41) is 5.86. The van der Waals surface area contributed by atoms with Gasteiger partial charge in [0, 0.05) is 18.7 Å². The third kappa shape index (κ3) is 3.97. The second-order valence-electron chi connectivity index (χ2n) is 5.97. The van der Waals surface area contributed by atoms with Crippen molar-refractivity contribution in [2.24, 2.45) is 5.41 Å². The monoisotopic (exact) mass is 318 g/mol. The molecule has 1 aromatic carbocycles. The van der Waals surface area contributed by atoms with Crippen molar-refractivity contribution in [2.75, 3.05) is 19.6 Å². The van der Waals surface area contributed by atoms with Gasteiger partial charge in [-0.1, -0.05) is 6.92 Å². The Bertz CT molecular complexity index is 551. The maximum absolute atomic E-state index is 13.2. The first kappa shape index (κ1) is 16.7. The van der Waals surface area contributed by atoms with Crippen molar-refractivity contribution in [1.29, 1.82) is 0 Å². The van der Waals surface area contributed by atoms with E-state index in [1.54, 1.807) is 0 Å². The number of amides is 1. The van der Waals surface area contributed by atoms with Gasteiger partial charge in [-0.25, -0.2) is 4.39 Å². The number of hydrogen-bond acceptors (Lipinski definition) is 2. The van der Waals surface area contributed by atoms with Crippen molar-refractivity contribution >= 4 is 5.91 Å². The van der Waals surface area contributed by atoms with Crippen LogP contribution < -0.4 is 10.6 Å². The van der Waals surface area contributed by atoms with Gasteiger partial charge in [0.15, 0.2) is 0 Å². The van der Waals surface area contributed by atoms with E-state index >= 15 is 0 Å². The molecule has 0 radical (unpaired) electrons. The summed E-state index contributed by atoms with van der Waals surface area (Å²) in [6.45, 7) is 4.03. The Morgan fingerprint density at radius 3 is 2.73 bits per heavy atom. The largest absolute Gasteiger partial charge is 0.419 e. The molecule has 2 N–H and O–H groups in total. The molecule has 7 heteroatoms. The van der Waals surface area contributed by atoms with Gasteiger partial charge in [-0.05, 0) is 43.0 Å². The van der Waals surface area contributed by atoms with Crippen LogP contribution in [-0.2, 0) is 6.18 Å². The van der Waals surface area contributed by atoms with E-state index < -0.39 is 23.5 Å². The van der Waals surface area contributed by atoms with Crippen molar-refractivity contribution in [3.63, 3.8) is 0 Å². The van der Waals surface area contributed by atoms with E-state index in [1.807, 2.05) is 6.92 Å². The number of carbonyl (C=O) groups excluding carboxylic acids is 1. The zero-order chi connectivity index (χ0) is 16.4. The van der Waals surface area contributed by atoms with Crippen molar-refractivity contribution in [3.05, 3.63) is 35.1 Å². The lowest BCUT2D eigenvalue weighted by molar-refractivity contribution is -0.140. The summed E-state index contributed by atoms with van der Waals surface area (Å²) < 4.78 is 51.2. The van der Waals surface area contributed by atoms with Crippen molar-refractivity contribution in [2.45, 2.75) is 25.9 Å². The Kier molecular flexibility index (Phi) is 4.75. The second kappa shape index (κ2) is 6.24. The lowest BCUT2D eigenvalue weighted by Gasteiger charge is -2.34. The van der Waals surface area contributed by atoms with Crippen LogP contribution >= 0.6 is 0 Å². The van der Waals surface area contributed by atoms with Crippen molar-refractivity contribution < 1.29 is 22.4 Å². The number of benzene rings is 1. The van der Waals surface area contributed by atoms with Gasteiger partial charge < -0.3 is 10.6 Å². The minimum Gasteiger partial charge on any atom is -0.351 e. The summed E-state index contributed by atoms with van der Waals surface area (Å²) >= 11 is 0. The summed E-state index contributed by atoms with van der Waals surface area (Å²) in [4.78, 5) is 12.0. The fraction of sp³-hybridized carbons (Fsp3) is 0.533. The van der Waals surface area contributed by atoms with E-state index in [4.69, 9.17) is 0 Å². The average Bonchev–Trinajstić information content (AvgIpc) is 2.45. The topological polar surface area (TPSA) is 41.1 Å². The minimum absolute atomic E-state index is 0.124. The number of carbonyl (C=O) groups is 1. The molecule has 1 atom stereocenters. The predicted molar refractivity (Wildman–Crippen MR) is 73.9 cm³/mol. The van der Waals surface area contributed by atoms with Gasteiger partial charge in [0.05, 0.1) is 5.56 Å². The fourth-order valence-electron chi connectivity index (χ4n) is 2.55.